The van der Waals surface area contributed by atoms with Gasteiger partial charge in [0, 0.05) is 19.1 Å². The lowest BCUT2D eigenvalue weighted by Gasteiger charge is -2.31. The lowest BCUT2D eigenvalue weighted by molar-refractivity contribution is -0.139. The first-order valence-electron chi connectivity index (χ1n) is 8.25. The number of urea groups is 1. The van der Waals surface area contributed by atoms with Gasteiger partial charge in [0.05, 0.1) is 0 Å². The van der Waals surface area contributed by atoms with Gasteiger partial charge < -0.3 is 16.0 Å². The van der Waals surface area contributed by atoms with Crippen LogP contribution >= 0.6 is 0 Å². The zero-order valence-electron chi connectivity index (χ0n) is 14.0. The number of rotatable bonds is 3. The van der Waals surface area contributed by atoms with E-state index in [0.29, 0.717) is 31.5 Å². The van der Waals surface area contributed by atoms with Crippen LogP contribution in [0.3, 0.4) is 0 Å². The van der Waals surface area contributed by atoms with Crippen LogP contribution in [0.2, 0.25) is 0 Å². The normalized spacial score (nSPS) is 24.6. The molecule has 2 heterocycles. The molecule has 0 radical (unpaired) electrons. The largest absolute Gasteiger partial charge is 0.341 e. The Morgan fingerprint density at radius 1 is 1.28 bits per heavy atom. The summed E-state index contributed by atoms with van der Waals surface area (Å²) in [5.41, 5.74) is 4.98. The molecule has 2 saturated heterocycles. The Morgan fingerprint density at radius 3 is 2.48 bits per heavy atom. The minimum Gasteiger partial charge on any atom is -0.341 e. The van der Waals surface area contributed by atoms with E-state index in [1.807, 2.05) is 0 Å². The van der Waals surface area contributed by atoms with Crippen LogP contribution in [0.5, 0.6) is 0 Å². The Kier molecular flexibility index (Phi) is 4.47. The van der Waals surface area contributed by atoms with Crippen LogP contribution in [0, 0.1) is 5.82 Å². The first kappa shape index (κ1) is 17.3. The Hall–Kier alpha value is -2.48. The molecule has 0 bridgehead atoms. The van der Waals surface area contributed by atoms with Crippen molar-refractivity contribution in [1.29, 1.82) is 0 Å². The lowest BCUT2D eigenvalue weighted by Crippen LogP contribution is -2.48. The molecular formula is C17H21FN4O3. The van der Waals surface area contributed by atoms with E-state index in [4.69, 9.17) is 5.73 Å². The van der Waals surface area contributed by atoms with Gasteiger partial charge in [0.1, 0.15) is 17.9 Å². The number of nitrogens with two attached hydrogens (primary N) is 1. The third-order valence-corrected chi connectivity index (χ3v) is 4.88. The molecular weight excluding hydrogens is 327 g/mol. The number of amides is 4. The molecule has 25 heavy (non-hydrogen) atoms. The molecule has 7 nitrogen and oxygen atoms in total. The van der Waals surface area contributed by atoms with Crippen molar-refractivity contribution in [3.63, 3.8) is 0 Å². The number of likely N-dealkylation sites (tertiary alicyclic amines) is 1. The van der Waals surface area contributed by atoms with Crippen molar-refractivity contribution < 1.29 is 18.8 Å². The quantitative estimate of drug-likeness (QED) is 0.780. The molecule has 1 aromatic rings. The first-order chi connectivity index (χ1) is 11.8. The molecule has 1 aromatic carbocycles. The van der Waals surface area contributed by atoms with Crippen LogP contribution in [0.4, 0.5) is 9.18 Å². The molecule has 134 valence electrons. The summed E-state index contributed by atoms with van der Waals surface area (Å²) >= 11 is 0. The lowest BCUT2D eigenvalue weighted by atomic mass is 9.92. The topological polar surface area (TPSA) is 95.7 Å². The second-order valence-electron chi connectivity index (χ2n) is 6.67. The van der Waals surface area contributed by atoms with Crippen LogP contribution in [-0.2, 0) is 15.1 Å². The number of carbonyl (C=O) groups is 3. The van der Waals surface area contributed by atoms with E-state index in [1.165, 1.54) is 24.3 Å². The van der Waals surface area contributed by atoms with E-state index in [2.05, 4.69) is 5.32 Å². The molecule has 0 aromatic heterocycles. The molecule has 2 aliphatic rings. The van der Waals surface area contributed by atoms with Crippen LogP contribution in [0.1, 0.15) is 25.3 Å². The van der Waals surface area contributed by atoms with Gasteiger partial charge in [-0.2, -0.15) is 0 Å². The molecule has 1 atom stereocenters. The summed E-state index contributed by atoms with van der Waals surface area (Å²) in [7, 11) is 0. The molecule has 0 spiro atoms. The average Bonchev–Trinajstić information content (AvgIpc) is 2.80. The van der Waals surface area contributed by atoms with Gasteiger partial charge in [-0.05, 0) is 37.5 Å². The fourth-order valence-electron chi connectivity index (χ4n) is 3.20. The van der Waals surface area contributed by atoms with Gasteiger partial charge >= 0.3 is 6.03 Å². The van der Waals surface area contributed by atoms with Crippen molar-refractivity contribution in [2.75, 3.05) is 19.6 Å². The predicted molar refractivity (Wildman–Crippen MR) is 87.8 cm³/mol. The minimum atomic E-state index is -1.31. The Balaban J connectivity index is 1.73. The molecule has 1 unspecified atom stereocenters. The number of nitrogens with zero attached hydrogens (tertiary/aromatic N) is 2. The van der Waals surface area contributed by atoms with Gasteiger partial charge in [0.15, 0.2) is 0 Å². The summed E-state index contributed by atoms with van der Waals surface area (Å²) in [6, 6.07) is 4.81. The second-order valence-corrected chi connectivity index (χ2v) is 6.67. The summed E-state index contributed by atoms with van der Waals surface area (Å²) in [6.07, 6.45) is 1.42. The summed E-state index contributed by atoms with van der Waals surface area (Å²) in [6.45, 7) is 2.29. The van der Waals surface area contributed by atoms with E-state index in [0.717, 1.165) is 4.90 Å². The summed E-state index contributed by atoms with van der Waals surface area (Å²) in [5.74, 6) is -1.23. The molecule has 4 amide bonds. The Labute approximate surface area is 144 Å². The third-order valence-electron chi connectivity index (χ3n) is 4.88. The third kappa shape index (κ3) is 3.21. The first-order valence-corrected chi connectivity index (χ1v) is 8.25. The molecule has 8 heteroatoms. The van der Waals surface area contributed by atoms with Crippen molar-refractivity contribution >= 4 is 17.8 Å². The van der Waals surface area contributed by atoms with E-state index in [-0.39, 0.29) is 18.5 Å². The number of nitrogens with one attached hydrogen (secondary N) is 1. The summed E-state index contributed by atoms with van der Waals surface area (Å²) in [4.78, 5) is 39.9. The fourth-order valence-corrected chi connectivity index (χ4v) is 3.20. The maximum absolute atomic E-state index is 13.1. The van der Waals surface area contributed by atoms with Crippen LogP contribution in [0.25, 0.3) is 0 Å². The highest BCUT2D eigenvalue weighted by atomic mass is 19.1. The number of carbonyl (C=O) groups excluding carboxylic acids is 3. The highest BCUT2D eigenvalue weighted by Gasteiger charge is 2.49. The molecule has 0 aliphatic carbocycles. The molecule has 2 aliphatic heterocycles. The number of hydrogen-bond acceptors (Lipinski definition) is 4. The molecule has 3 N–H and O–H groups in total. The van der Waals surface area contributed by atoms with E-state index >= 15 is 0 Å². The van der Waals surface area contributed by atoms with Gasteiger partial charge in [-0.3, -0.25) is 14.5 Å². The Morgan fingerprint density at radius 2 is 1.88 bits per heavy atom. The average molecular weight is 348 g/mol. The van der Waals surface area contributed by atoms with Gasteiger partial charge in [-0.1, -0.05) is 12.1 Å². The van der Waals surface area contributed by atoms with Gasteiger partial charge in [-0.15, -0.1) is 0 Å². The number of piperidine rings is 1. The number of benzene rings is 1. The molecule has 2 fully saturated rings. The maximum atomic E-state index is 13.1. The van der Waals surface area contributed by atoms with E-state index in [9.17, 15) is 18.8 Å². The van der Waals surface area contributed by atoms with E-state index in [1.54, 1.807) is 11.8 Å². The number of imide groups is 1. The molecule has 0 saturated carbocycles. The smallest absolute Gasteiger partial charge is 0.325 e. The minimum absolute atomic E-state index is 0.0857. The highest BCUT2D eigenvalue weighted by molar-refractivity contribution is 6.09. The second kappa shape index (κ2) is 6.44. The SMILES string of the molecule is CC1(c2ccc(F)cc2)NC(=O)N(CC(=O)N2CCC(N)CC2)C1=O. The predicted octanol–water partition coefficient (Wildman–Crippen LogP) is 0.542. The maximum Gasteiger partial charge on any atom is 0.325 e. The van der Waals surface area contributed by atoms with Crippen LogP contribution < -0.4 is 11.1 Å². The van der Waals surface area contributed by atoms with Crippen molar-refractivity contribution in [2.45, 2.75) is 31.3 Å². The summed E-state index contributed by atoms with van der Waals surface area (Å²) in [5, 5.41) is 2.61. The van der Waals surface area contributed by atoms with Crippen molar-refractivity contribution in [1.82, 2.24) is 15.1 Å². The van der Waals surface area contributed by atoms with Crippen LogP contribution in [0.15, 0.2) is 24.3 Å². The standard InChI is InChI=1S/C17H21FN4O3/c1-17(11-2-4-12(18)5-3-11)15(24)22(16(25)20-17)10-14(23)21-8-6-13(19)7-9-21/h2-5,13H,6-10,19H2,1H3,(H,20,25). The van der Waals surface area contributed by atoms with Gasteiger partial charge in [0.25, 0.3) is 5.91 Å². The zero-order valence-corrected chi connectivity index (χ0v) is 14.0. The van der Waals surface area contributed by atoms with E-state index < -0.39 is 23.3 Å². The molecule has 3 rings (SSSR count). The monoisotopic (exact) mass is 348 g/mol. The summed E-state index contributed by atoms with van der Waals surface area (Å²) < 4.78 is 13.1. The fraction of sp³-hybridized carbons (Fsp3) is 0.471. The Bertz CT molecular complexity index is 700. The van der Waals surface area contributed by atoms with Crippen molar-refractivity contribution in [2.24, 2.45) is 5.73 Å². The highest BCUT2D eigenvalue weighted by Crippen LogP contribution is 2.29. The van der Waals surface area contributed by atoms with Gasteiger partial charge in [0.2, 0.25) is 5.91 Å². The van der Waals surface area contributed by atoms with Crippen LogP contribution in [-0.4, -0.2) is 53.3 Å². The zero-order chi connectivity index (χ0) is 18.2. The number of halogens is 1. The van der Waals surface area contributed by atoms with Crippen molar-refractivity contribution in [3.8, 4) is 0 Å². The number of hydrogen-bond donors (Lipinski definition) is 2. The van der Waals surface area contributed by atoms with Gasteiger partial charge in [-0.25, -0.2) is 9.18 Å². The van der Waals surface area contributed by atoms with Crippen molar-refractivity contribution in [3.05, 3.63) is 35.6 Å².